The van der Waals surface area contributed by atoms with Crippen molar-refractivity contribution in [2.45, 2.75) is 0 Å². The zero-order valence-corrected chi connectivity index (χ0v) is 8.24. The summed E-state index contributed by atoms with van der Waals surface area (Å²) in [5, 5.41) is 8.65. The van der Waals surface area contributed by atoms with E-state index in [1.807, 2.05) is 0 Å². The molecule has 4 N–H and O–H groups in total. The Morgan fingerprint density at radius 2 is 0.818 bits per heavy atom. The molecule has 0 bridgehead atoms. The summed E-state index contributed by atoms with van der Waals surface area (Å²) < 4.78 is 37.6. The van der Waals surface area contributed by atoms with Gasteiger partial charge in [0, 0.05) is 18.9 Å². The molecule has 0 saturated carbocycles. The van der Waals surface area contributed by atoms with E-state index in [4.69, 9.17) is 0 Å². The van der Waals surface area contributed by atoms with Gasteiger partial charge in [-0.05, 0) is 0 Å². The van der Waals surface area contributed by atoms with Gasteiger partial charge < -0.3 is 0 Å². The van der Waals surface area contributed by atoms with E-state index in [1.54, 1.807) is 0 Å². The van der Waals surface area contributed by atoms with Crippen LogP contribution in [0.15, 0.2) is 0 Å². The molecule has 0 rings (SSSR count). The molecule has 0 spiro atoms. The first kappa shape index (κ1) is 17.5. The Kier molecular flexibility index (Phi) is 9.53. The van der Waals surface area contributed by atoms with Crippen molar-refractivity contribution >= 4 is 38.9 Å². The van der Waals surface area contributed by atoms with Crippen LogP contribution in [0.25, 0.3) is 0 Å². The van der Waals surface area contributed by atoms with Crippen molar-refractivity contribution in [2.75, 3.05) is 12.5 Å². The van der Waals surface area contributed by atoms with Gasteiger partial charge >= 0.3 is 0 Å². The van der Waals surface area contributed by atoms with Gasteiger partial charge in [0.1, 0.15) is 0 Å². The molecule has 0 aromatic heterocycles. The fourth-order valence-corrected chi connectivity index (χ4v) is 0. The number of nitrogens with two attached hydrogens (primary N) is 2. The molecule has 0 unspecified atom stereocenters. The van der Waals surface area contributed by atoms with Crippen molar-refractivity contribution in [3.63, 3.8) is 0 Å². The Hall–Kier alpha value is 0.417. The molecule has 0 saturated heterocycles. The van der Waals surface area contributed by atoms with E-state index < -0.39 is 20.0 Å². The quantitative estimate of drug-likeness (QED) is 0.414. The predicted octanol–water partition coefficient (Wildman–Crippen LogP) is -2.57. The summed E-state index contributed by atoms with van der Waals surface area (Å²) in [4.78, 5) is 0. The second-order valence-electron chi connectivity index (χ2n) is 1.66. The molecule has 11 heavy (non-hydrogen) atoms. The zero-order valence-electron chi connectivity index (χ0n) is 6.60. The molecule has 0 aliphatic rings. The van der Waals surface area contributed by atoms with Crippen LogP contribution in [0.3, 0.4) is 0 Å². The number of sulfonamides is 2. The fraction of sp³-hybridized carbons (Fsp3) is 1.00. The van der Waals surface area contributed by atoms with Crippen molar-refractivity contribution in [2.24, 2.45) is 10.3 Å². The van der Waals surface area contributed by atoms with Gasteiger partial charge in [0.2, 0.25) is 20.0 Å². The Labute approximate surface area is 78.6 Å². The summed E-state index contributed by atoms with van der Waals surface area (Å²) >= 11 is 0. The van der Waals surface area contributed by atoms with Crippen molar-refractivity contribution in [3.05, 3.63) is 0 Å². The van der Waals surface area contributed by atoms with Crippen LogP contribution >= 0.6 is 0 Å². The molecular formula is C2H10LiN2O4S2. The van der Waals surface area contributed by atoms with Crippen LogP contribution < -0.4 is 10.3 Å². The van der Waals surface area contributed by atoms with Gasteiger partial charge in [-0.15, -0.1) is 0 Å². The first-order valence-corrected chi connectivity index (χ1v) is 5.86. The third-order valence-corrected chi connectivity index (χ3v) is 0. The maximum absolute atomic E-state index is 9.41. The first-order valence-electron chi connectivity index (χ1n) is 1.95. The molecule has 6 nitrogen and oxygen atoms in total. The summed E-state index contributed by atoms with van der Waals surface area (Å²) in [5.41, 5.74) is 0. The van der Waals surface area contributed by atoms with Crippen LogP contribution in [0.4, 0.5) is 0 Å². The normalized spacial score (nSPS) is 10.5. The fourth-order valence-electron chi connectivity index (χ4n) is 0. The second kappa shape index (κ2) is 5.99. The topological polar surface area (TPSA) is 120 Å². The summed E-state index contributed by atoms with van der Waals surface area (Å²) in [6.45, 7) is 0. The van der Waals surface area contributed by atoms with Gasteiger partial charge in [-0.2, -0.15) is 0 Å². The Balaban J connectivity index is -0.000000107. The molecule has 0 fully saturated rings. The third-order valence-electron chi connectivity index (χ3n) is 0. The van der Waals surface area contributed by atoms with Crippen LogP contribution in [0, 0.1) is 0 Å². The SMILES string of the molecule is CS(N)(=O)=O.CS(N)(=O)=O.[Li]. The number of rotatable bonds is 0. The minimum Gasteiger partial charge on any atom is -0.229 e. The van der Waals surface area contributed by atoms with Crippen LogP contribution in [0.1, 0.15) is 0 Å². The second-order valence-corrected chi connectivity index (χ2v) is 4.98. The number of hydrogen-bond donors (Lipinski definition) is 2. The van der Waals surface area contributed by atoms with Crippen LogP contribution in [-0.4, -0.2) is 48.2 Å². The molecule has 0 aromatic carbocycles. The molecule has 1 radical (unpaired) electrons. The van der Waals surface area contributed by atoms with E-state index in [0.29, 0.717) is 0 Å². The van der Waals surface area contributed by atoms with E-state index in [-0.39, 0.29) is 18.9 Å². The summed E-state index contributed by atoms with van der Waals surface area (Å²) in [5.74, 6) is 0. The van der Waals surface area contributed by atoms with Crippen molar-refractivity contribution in [1.29, 1.82) is 0 Å². The minimum atomic E-state index is -3.17. The average molecular weight is 197 g/mol. The van der Waals surface area contributed by atoms with Crippen LogP contribution in [-0.2, 0) is 20.0 Å². The van der Waals surface area contributed by atoms with Crippen LogP contribution in [0.5, 0.6) is 0 Å². The molecule has 65 valence electrons. The smallest absolute Gasteiger partial charge is 0.206 e. The number of hydrogen-bond acceptors (Lipinski definition) is 4. The van der Waals surface area contributed by atoms with E-state index in [2.05, 4.69) is 10.3 Å². The van der Waals surface area contributed by atoms with Crippen LogP contribution in [0.2, 0.25) is 0 Å². The molecule has 0 aliphatic heterocycles. The molecule has 0 heterocycles. The molecule has 9 heteroatoms. The van der Waals surface area contributed by atoms with Crippen molar-refractivity contribution in [1.82, 2.24) is 0 Å². The molecule has 0 amide bonds. The van der Waals surface area contributed by atoms with Gasteiger partial charge in [0.05, 0.1) is 12.5 Å². The third kappa shape index (κ3) is 4240. The van der Waals surface area contributed by atoms with Crippen molar-refractivity contribution < 1.29 is 16.8 Å². The molecule has 0 aromatic rings. The largest absolute Gasteiger partial charge is 0.229 e. The van der Waals surface area contributed by atoms with Gasteiger partial charge in [0.25, 0.3) is 0 Å². The van der Waals surface area contributed by atoms with E-state index in [1.165, 1.54) is 0 Å². The number of primary sulfonamides is 2. The first-order chi connectivity index (χ1) is 4.00. The summed E-state index contributed by atoms with van der Waals surface area (Å²) in [6, 6.07) is 0. The van der Waals surface area contributed by atoms with Gasteiger partial charge in [-0.25, -0.2) is 27.1 Å². The average Bonchev–Trinajstić information content (AvgIpc) is 1.12. The maximum Gasteiger partial charge on any atom is 0.206 e. The zero-order chi connectivity index (χ0) is 9.00. The van der Waals surface area contributed by atoms with Gasteiger partial charge in [0.15, 0.2) is 0 Å². The molecule has 0 atom stereocenters. The standard InChI is InChI=1S/2CH5NO2S.Li/c2*1-5(2,3)4;/h2*1H3,(H2,2,3,4);. The Morgan fingerprint density at radius 1 is 0.818 bits per heavy atom. The van der Waals surface area contributed by atoms with Gasteiger partial charge in [-0.1, -0.05) is 0 Å². The van der Waals surface area contributed by atoms with Gasteiger partial charge in [-0.3, -0.25) is 0 Å². The molecular weight excluding hydrogens is 187 g/mol. The van der Waals surface area contributed by atoms with E-state index >= 15 is 0 Å². The van der Waals surface area contributed by atoms with E-state index in [9.17, 15) is 16.8 Å². The van der Waals surface area contributed by atoms with Crippen molar-refractivity contribution in [3.8, 4) is 0 Å². The molecule has 0 aliphatic carbocycles. The summed E-state index contributed by atoms with van der Waals surface area (Å²) in [6.07, 6.45) is 1.88. The Morgan fingerprint density at radius 3 is 0.818 bits per heavy atom. The monoisotopic (exact) mass is 197 g/mol. The van der Waals surface area contributed by atoms with E-state index in [0.717, 1.165) is 12.5 Å². The maximum atomic E-state index is 9.41. The summed E-state index contributed by atoms with van der Waals surface area (Å²) in [7, 11) is -6.33. The predicted molar refractivity (Wildman–Crippen MR) is 43.8 cm³/mol. The minimum absolute atomic E-state index is 0. The Bertz CT molecular complexity index is 220.